The number of aryl methyl sites for hydroxylation is 2. The van der Waals surface area contributed by atoms with Crippen LogP contribution in [0.5, 0.6) is 0 Å². The molecule has 1 aromatic heterocycles. The van der Waals surface area contributed by atoms with E-state index >= 15 is 0 Å². The molecule has 10 heteroatoms. The van der Waals surface area contributed by atoms with Crippen molar-refractivity contribution >= 4 is 58.5 Å². The van der Waals surface area contributed by atoms with Crippen LogP contribution in [0, 0.1) is 26.6 Å². The Hall–Kier alpha value is -3.82. The topological polar surface area (TPSA) is 80.6 Å². The Bertz CT molecular complexity index is 1490. The van der Waals surface area contributed by atoms with Crippen LogP contribution in [0.15, 0.2) is 48.0 Å². The Balaban J connectivity index is 1.79. The normalized spacial score (nSPS) is 14.9. The first-order valence-electron chi connectivity index (χ1n) is 10.8. The number of carbonyl (C=O) groups excluding carboxylic acids is 3. The first-order valence-corrected chi connectivity index (χ1v) is 11.6. The highest BCUT2D eigenvalue weighted by molar-refractivity contribution is 7.80. The van der Waals surface area contributed by atoms with Gasteiger partial charge in [-0.2, -0.15) is 0 Å². The summed E-state index contributed by atoms with van der Waals surface area (Å²) in [5.74, 6) is -2.42. The molecule has 1 aliphatic rings. The van der Waals surface area contributed by atoms with E-state index in [1.165, 1.54) is 25.3 Å². The fraction of sp³-hybridized carbons (Fsp3) is 0.154. The van der Waals surface area contributed by atoms with Crippen LogP contribution in [-0.2, 0) is 14.3 Å². The predicted molar refractivity (Wildman–Crippen MR) is 139 cm³/mol. The first kappa shape index (κ1) is 25.3. The Morgan fingerprint density at radius 1 is 1.11 bits per heavy atom. The molecule has 1 N–H and O–H groups in total. The number of carbonyl (C=O) groups is 3. The Morgan fingerprint density at radius 3 is 2.50 bits per heavy atom. The minimum atomic E-state index is -0.667. The van der Waals surface area contributed by atoms with Gasteiger partial charge in [-0.3, -0.25) is 19.8 Å². The van der Waals surface area contributed by atoms with Gasteiger partial charge in [0.25, 0.3) is 11.8 Å². The van der Waals surface area contributed by atoms with Crippen molar-refractivity contribution in [1.29, 1.82) is 0 Å². The molecule has 0 atom stereocenters. The number of rotatable bonds is 4. The number of methoxy groups -OCH3 is 1. The largest absolute Gasteiger partial charge is 0.465 e. The summed E-state index contributed by atoms with van der Waals surface area (Å²) in [7, 11) is 1.32. The number of nitrogens with zero attached hydrogens (tertiary/aromatic N) is 2. The number of nitrogens with one attached hydrogen (secondary N) is 1. The number of halogens is 2. The zero-order valence-electron chi connectivity index (χ0n) is 19.8. The second kappa shape index (κ2) is 9.67. The van der Waals surface area contributed by atoms with Crippen LogP contribution < -0.4 is 10.2 Å². The van der Waals surface area contributed by atoms with E-state index in [0.717, 1.165) is 33.6 Å². The number of hydrogen-bond acceptors (Lipinski definition) is 5. The fourth-order valence-electron chi connectivity index (χ4n) is 4.07. The Kier molecular flexibility index (Phi) is 6.79. The van der Waals surface area contributed by atoms with Gasteiger partial charge in [0.2, 0.25) is 0 Å². The zero-order chi connectivity index (χ0) is 26.3. The van der Waals surface area contributed by atoms with Crippen LogP contribution in [0.4, 0.5) is 10.1 Å². The molecular formula is C26H21ClFN3O4S. The van der Waals surface area contributed by atoms with E-state index in [9.17, 15) is 18.8 Å². The van der Waals surface area contributed by atoms with Crippen molar-refractivity contribution in [1.82, 2.24) is 9.88 Å². The number of ether oxygens (including phenoxy) is 1. The van der Waals surface area contributed by atoms with Gasteiger partial charge in [0, 0.05) is 17.1 Å². The first-order chi connectivity index (χ1) is 17.0. The summed E-state index contributed by atoms with van der Waals surface area (Å²) in [6, 6.07) is 10.8. The third-order valence-corrected chi connectivity index (χ3v) is 6.48. The average Bonchev–Trinajstić information content (AvgIpc) is 3.11. The van der Waals surface area contributed by atoms with Crippen LogP contribution in [0.2, 0.25) is 5.02 Å². The van der Waals surface area contributed by atoms with Gasteiger partial charge < -0.3 is 9.30 Å². The molecule has 2 amide bonds. The summed E-state index contributed by atoms with van der Waals surface area (Å²) in [5, 5.41) is 2.19. The molecule has 0 unspecified atom stereocenters. The smallest absolute Gasteiger partial charge is 0.337 e. The van der Waals surface area contributed by atoms with E-state index in [2.05, 4.69) is 5.32 Å². The quantitative estimate of drug-likeness (QED) is 0.229. The van der Waals surface area contributed by atoms with Gasteiger partial charge >= 0.3 is 5.97 Å². The molecule has 0 spiro atoms. The minimum Gasteiger partial charge on any atom is -0.465 e. The lowest BCUT2D eigenvalue weighted by atomic mass is 10.1. The number of esters is 1. The van der Waals surface area contributed by atoms with Crippen molar-refractivity contribution in [3.05, 3.63) is 87.0 Å². The van der Waals surface area contributed by atoms with Crippen LogP contribution in [-0.4, -0.2) is 34.6 Å². The van der Waals surface area contributed by atoms with Crippen LogP contribution >= 0.6 is 23.8 Å². The van der Waals surface area contributed by atoms with Crippen molar-refractivity contribution in [2.45, 2.75) is 20.8 Å². The third kappa shape index (κ3) is 4.43. The Morgan fingerprint density at radius 2 is 1.83 bits per heavy atom. The lowest BCUT2D eigenvalue weighted by molar-refractivity contribution is -0.122. The highest BCUT2D eigenvalue weighted by Gasteiger charge is 2.35. The van der Waals surface area contributed by atoms with E-state index < -0.39 is 23.6 Å². The summed E-state index contributed by atoms with van der Waals surface area (Å²) < 4.78 is 20.4. The van der Waals surface area contributed by atoms with Crippen LogP contribution in [0.1, 0.15) is 32.9 Å². The maximum absolute atomic E-state index is 13.7. The number of thiocarbonyl (C=S) groups is 1. The number of aromatic nitrogens is 1. The monoisotopic (exact) mass is 525 g/mol. The standard InChI is InChI=1S/C26H21ClFN3O4S/c1-13-5-6-16(25(34)35-4)11-22(13)30-14(2)9-17(15(30)3)10-19-23(32)29-26(36)31(24(19)33)18-7-8-21(28)20(27)12-18/h5-12H,1-4H3,(H,29,32,36)/b19-10+. The number of anilines is 1. The number of benzene rings is 2. The highest BCUT2D eigenvalue weighted by Crippen LogP contribution is 2.29. The van der Waals surface area contributed by atoms with Gasteiger partial charge in [-0.1, -0.05) is 17.7 Å². The molecule has 1 aliphatic heterocycles. The van der Waals surface area contributed by atoms with Gasteiger partial charge in [0.15, 0.2) is 5.11 Å². The zero-order valence-corrected chi connectivity index (χ0v) is 21.4. The van der Waals surface area contributed by atoms with Gasteiger partial charge in [-0.25, -0.2) is 9.18 Å². The van der Waals surface area contributed by atoms with Crippen molar-refractivity contribution < 1.29 is 23.5 Å². The average molecular weight is 526 g/mol. The van der Waals surface area contributed by atoms with E-state index in [0.29, 0.717) is 11.1 Å². The third-order valence-electron chi connectivity index (χ3n) is 5.90. The molecule has 0 bridgehead atoms. The summed E-state index contributed by atoms with van der Waals surface area (Å²) in [6.45, 7) is 5.64. The number of amides is 2. The number of hydrogen-bond donors (Lipinski definition) is 1. The van der Waals surface area contributed by atoms with Crippen LogP contribution in [0.3, 0.4) is 0 Å². The van der Waals surface area contributed by atoms with E-state index in [-0.39, 0.29) is 21.4 Å². The summed E-state index contributed by atoms with van der Waals surface area (Å²) in [4.78, 5) is 39.2. The molecule has 2 aromatic carbocycles. The van der Waals surface area contributed by atoms with Gasteiger partial charge in [0.05, 0.1) is 23.4 Å². The van der Waals surface area contributed by atoms with Gasteiger partial charge in [-0.05, 0) is 86.6 Å². The van der Waals surface area contributed by atoms with Crippen LogP contribution in [0.25, 0.3) is 11.8 Å². The molecule has 1 fully saturated rings. The fourth-order valence-corrected chi connectivity index (χ4v) is 4.53. The Labute approximate surface area is 217 Å². The van der Waals surface area contributed by atoms with E-state index in [1.54, 1.807) is 12.1 Å². The molecule has 0 radical (unpaired) electrons. The minimum absolute atomic E-state index is 0.134. The van der Waals surface area contributed by atoms with Gasteiger partial charge in [-0.15, -0.1) is 0 Å². The predicted octanol–water partition coefficient (Wildman–Crippen LogP) is 4.81. The molecule has 36 heavy (non-hydrogen) atoms. The SMILES string of the molecule is COC(=O)c1ccc(C)c(-n2c(C)cc(/C=C3\C(=O)NC(=S)N(c4ccc(F)c(Cl)c4)C3=O)c2C)c1. The second-order valence-electron chi connectivity index (χ2n) is 8.21. The molecule has 4 rings (SSSR count). The van der Waals surface area contributed by atoms with Crippen molar-refractivity contribution in [2.75, 3.05) is 12.0 Å². The molecular weight excluding hydrogens is 505 g/mol. The van der Waals surface area contributed by atoms with E-state index in [1.807, 2.05) is 37.5 Å². The lowest BCUT2D eigenvalue weighted by Gasteiger charge is -2.29. The molecule has 1 saturated heterocycles. The summed E-state index contributed by atoms with van der Waals surface area (Å²) in [6.07, 6.45) is 1.48. The molecule has 184 valence electrons. The van der Waals surface area contributed by atoms with E-state index in [4.69, 9.17) is 28.6 Å². The highest BCUT2D eigenvalue weighted by atomic mass is 35.5. The molecule has 0 saturated carbocycles. The second-order valence-corrected chi connectivity index (χ2v) is 9.00. The summed E-state index contributed by atoms with van der Waals surface area (Å²) >= 11 is 11.1. The lowest BCUT2D eigenvalue weighted by Crippen LogP contribution is -2.54. The van der Waals surface area contributed by atoms with Crippen molar-refractivity contribution in [3.63, 3.8) is 0 Å². The van der Waals surface area contributed by atoms with Crippen molar-refractivity contribution in [2.24, 2.45) is 0 Å². The maximum atomic E-state index is 13.7. The molecule has 0 aliphatic carbocycles. The molecule has 3 aromatic rings. The molecule has 2 heterocycles. The van der Waals surface area contributed by atoms with Crippen molar-refractivity contribution in [3.8, 4) is 5.69 Å². The maximum Gasteiger partial charge on any atom is 0.337 e. The summed E-state index contributed by atoms with van der Waals surface area (Å²) in [5.41, 5.74) is 4.35. The molecule has 7 nitrogen and oxygen atoms in total. The van der Waals surface area contributed by atoms with Gasteiger partial charge in [0.1, 0.15) is 11.4 Å².